The Hall–Kier alpha value is -2.00. The first-order valence-electron chi connectivity index (χ1n) is 5.90. The number of carbonyl (C=O) groups is 1. The summed E-state index contributed by atoms with van der Waals surface area (Å²) in [6.07, 6.45) is 0. The number of nitrogen functional groups attached to an aromatic ring is 1. The first kappa shape index (κ1) is 13.4. The Morgan fingerprint density at radius 3 is 2.32 bits per heavy atom. The summed E-state index contributed by atoms with van der Waals surface area (Å²) in [5.41, 5.74) is 9.49. The normalized spacial score (nSPS) is 10.3. The van der Waals surface area contributed by atoms with Gasteiger partial charge in [-0.1, -0.05) is 28.8 Å². The molecule has 0 heterocycles. The molecular formula is C15H15ClN2O. The number of carbonyl (C=O) groups excluding carboxylic acids is 1. The molecular weight excluding hydrogens is 260 g/mol. The minimum absolute atomic E-state index is 0.160. The maximum absolute atomic E-state index is 12.1. The van der Waals surface area contributed by atoms with Crippen LogP contribution in [0.4, 0.5) is 11.4 Å². The van der Waals surface area contributed by atoms with Crippen LogP contribution in [0.3, 0.4) is 0 Å². The molecule has 0 saturated heterocycles. The minimum atomic E-state index is -0.160. The Morgan fingerprint density at radius 1 is 1.11 bits per heavy atom. The van der Waals surface area contributed by atoms with Gasteiger partial charge in [0, 0.05) is 11.3 Å². The fraction of sp³-hybridized carbons (Fsp3) is 0.133. The Labute approximate surface area is 117 Å². The van der Waals surface area contributed by atoms with E-state index in [1.807, 2.05) is 32.0 Å². The van der Waals surface area contributed by atoms with Gasteiger partial charge in [-0.15, -0.1) is 0 Å². The summed E-state index contributed by atoms with van der Waals surface area (Å²) >= 11 is 5.92. The van der Waals surface area contributed by atoms with Crippen LogP contribution in [0.25, 0.3) is 0 Å². The summed E-state index contributed by atoms with van der Waals surface area (Å²) < 4.78 is 0. The third-order valence-electron chi connectivity index (χ3n) is 2.74. The summed E-state index contributed by atoms with van der Waals surface area (Å²) in [6, 6.07) is 10.7. The molecule has 4 heteroatoms. The average molecular weight is 275 g/mol. The van der Waals surface area contributed by atoms with Crippen LogP contribution >= 0.6 is 11.6 Å². The number of rotatable bonds is 2. The van der Waals surface area contributed by atoms with Crippen molar-refractivity contribution in [3.05, 3.63) is 58.1 Å². The van der Waals surface area contributed by atoms with Gasteiger partial charge in [-0.2, -0.15) is 0 Å². The zero-order chi connectivity index (χ0) is 14.0. The van der Waals surface area contributed by atoms with Crippen LogP contribution in [0.2, 0.25) is 5.02 Å². The summed E-state index contributed by atoms with van der Waals surface area (Å²) in [6.45, 7) is 3.92. The SMILES string of the molecule is Cc1cc(C)cc(C(=O)Nc2ccc(N)c(Cl)c2)c1. The maximum atomic E-state index is 12.1. The molecule has 0 bridgehead atoms. The van der Waals surface area contributed by atoms with E-state index in [-0.39, 0.29) is 5.91 Å². The Kier molecular flexibility index (Phi) is 3.76. The van der Waals surface area contributed by atoms with Gasteiger partial charge in [0.15, 0.2) is 0 Å². The lowest BCUT2D eigenvalue weighted by atomic mass is 10.1. The van der Waals surface area contributed by atoms with Crippen molar-refractivity contribution >= 4 is 28.9 Å². The number of nitrogens with two attached hydrogens (primary N) is 1. The minimum Gasteiger partial charge on any atom is -0.398 e. The van der Waals surface area contributed by atoms with Gasteiger partial charge in [-0.3, -0.25) is 4.79 Å². The highest BCUT2D eigenvalue weighted by Crippen LogP contribution is 2.23. The lowest BCUT2D eigenvalue weighted by Gasteiger charge is -2.08. The highest BCUT2D eigenvalue weighted by Gasteiger charge is 2.08. The van der Waals surface area contributed by atoms with E-state index in [1.165, 1.54) is 0 Å². The van der Waals surface area contributed by atoms with Crippen molar-refractivity contribution in [1.29, 1.82) is 0 Å². The predicted molar refractivity (Wildman–Crippen MR) is 79.7 cm³/mol. The topological polar surface area (TPSA) is 55.1 Å². The molecule has 0 radical (unpaired) electrons. The molecule has 0 aliphatic rings. The van der Waals surface area contributed by atoms with E-state index < -0.39 is 0 Å². The standard InChI is InChI=1S/C15H15ClN2O/c1-9-5-10(2)7-11(6-9)15(19)18-12-3-4-14(17)13(16)8-12/h3-8H,17H2,1-2H3,(H,18,19). The number of hydrogen-bond acceptors (Lipinski definition) is 2. The van der Waals surface area contributed by atoms with E-state index in [9.17, 15) is 4.79 Å². The quantitative estimate of drug-likeness (QED) is 0.819. The van der Waals surface area contributed by atoms with Crippen molar-refractivity contribution < 1.29 is 4.79 Å². The number of hydrogen-bond donors (Lipinski definition) is 2. The van der Waals surface area contributed by atoms with Gasteiger partial charge >= 0.3 is 0 Å². The first-order chi connectivity index (χ1) is 8.95. The van der Waals surface area contributed by atoms with Gasteiger partial charge in [-0.25, -0.2) is 0 Å². The van der Waals surface area contributed by atoms with Crippen LogP contribution in [-0.4, -0.2) is 5.91 Å². The van der Waals surface area contributed by atoms with Gasteiger partial charge in [0.25, 0.3) is 5.91 Å². The molecule has 3 nitrogen and oxygen atoms in total. The number of amides is 1. The van der Waals surface area contributed by atoms with E-state index in [0.29, 0.717) is 22.0 Å². The molecule has 0 fully saturated rings. The molecule has 2 rings (SSSR count). The zero-order valence-electron chi connectivity index (χ0n) is 10.8. The second kappa shape index (κ2) is 5.33. The van der Waals surface area contributed by atoms with E-state index >= 15 is 0 Å². The Bertz CT molecular complexity index is 618. The van der Waals surface area contributed by atoms with E-state index in [1.54, 1.807) is 18.2 Å². The average Bonchev–Trinajstić information content (AvgIpc) is 2.32. The number of anilines is 2. The number of aryl methyl sites for hydroxylation is 2. The molecule has 0 aliphatic carbocycles. The second-order valence-corrected chi connectivity index (χ2v) is 4.97. The van der Waals surface area contributed by atoms with Gasteiger partial charge in [0.2, 0.25) is 0 Å². The van der Waals surface area contributed by atoms with E-state index in [2.05, 4.69) is 5.32 Å². The van der Waals surface area contributed by atoms with Crippen molar-refractivity contribution in [3.63, 3.8) is 0 Å². The largest absolute Gasteiger partial charge is 0.398 e. The maximum Gasteiger partial charge on any atom is 0.255 e. The lowest BCUT2D eigenvalue weighted by molar-refractivity contribution is 0.102. The van der Waals surface area contributed by atoms with Gasteiger partial charge in [0.05, 0.1) is 10.7 Å². The molecule has 0 spiro atoms. The number of nitrogens with one attached hydrogen (secondary N) is 1. The molecule has 0 saturated carbocycles. The first-order valence-corrected chi connectivity index (χ1v) is 6.28. The molecule has 0 aliphatic heterocycles. The monoisotopic (exact) mass is 274 g/mol. The molecule has 0 aromatic heterocycles. The summed E-state index contributed by atoms with van der Waals surface area (Å²) in [5.74, 6) is -0.160. The summed E-state index contributed by atoms with van der Waals surface area (Å²) in [7, 11) is 0. The van der Waals surface area contributed by atoms with Crippen molar-refractivity contribution in [2.45, 2.75) is 13.8 Å². The molecule has 0 unspecified atom stereocenters. The summed E-state index contributed by atoms with van der Waals surface area (Å²) in [4.78, 5) is 12.1. The molecule has 1 amide bonds. The van der Waals surface area contributed by atoms with Crippen molar-refractivity contribution in [1.82, 2.24) is 0 Å². The van der Waals surface area contributed by atoms with E-state index in [4.69, 9.17) is 17.3 Å². The fourth-order valence-electron chi connectivity index (χ4n) is 1.91. The lowest BCUT2D eigenvalue weighted by Crippen LogP contribution is -2.12. The van der Waals surface area contributed by atoms with Crippen LogP contribution in [0.15, 0.2) is 36.4 Å². The van der Waals surface area contributed by atoms with Crippen LogP contribution < -0.4 is 11.1 Å². The van der Waals surface area contributed by atoms with Crippen LogP contribution in [0.5, 0.6) is 0 Å². The molecule has 0 atom stereocenters. The van der Waals surface area contributed by atoms with Gasteiger partial charge in [-0.05, 0) is 44.2 Å². The third kappa shape index (κ3) is 3.26. The zero-order valence-corrected chi connectivity index (χ0v) is 11.6. The Balaban J connectivity index is 2.22. The number of halogens is 1. The molecule has 2 aromatic rings. The van der Waals surface area contributed by atoms with Gasteiger partial charge in [0.1, 0.15) is 0 Å². The molecule has 2 aromatic carbocycles. The van der Waals surface area contributed by atoms with Crippen LogP contribution in [0, 0.1) is 13.8 Å². The Morgan fingerprint density at radius 2 is 1.74 bits per heavy atom. The van der Waals surface area contributed by atoms with Crippen molar-refractivity contribution in [2.24, 2.45) is 0 Å². The highest BCUT2D eigenvalue weighted by atomic mass is 35.5. The molecule has 19 heavy (non-hydrogen) atoms. The highest BCUT2D eigenvalue weighted by molar-refractivity contribution is 6.33. The van der Waals surface area contributed by atoms with Gasteiger partial charge < -0.3 is 11.1 Å². The number of benzene rings is 2. The molecule has 3 N–H and O–H groups in total. The predicted octanol–water partition coefficient (Wildman–Crippen LogP) is 3.79. The molecule has 98 valence electrons. The summed E-state index contributed by atoms with van der Waals surface area (Å²) in [5, 5.41) is 3.23. The fourth-order valence-corrected chi connectivity index (χ4v) is 2.09. The second-order valence-electron chi connectivity index (χ2n) is 4.57. The van der Waals surface area contributed by atoms with Crippen molar-refractivity contribution in [2.75, 3.05) is 11.1 Å². The van der Waals surface area contributed by atoms with Crippen molar-refractivity contribution in [3.8, 4) is 0 Å². The van der Waals surface area contributed by atoms with Crippen LogP contribution in [0.1, 0.15) is 21.5 Å². The van der Waals surface area contributed by atoms with E-state index in [0.717, 1.165) is 11.1 Å². The smallest absolute Gasteiger partial charge is 0.255 e. The van der Waals surface area contributed by atoms with Crippen LogP contribution in [-0.2, 0) is 0 Å². The third-order valence-corrected chi connectivity index (χ3v) is 3.07.